The smallest absolute Gasteiger partial charge is 0.224 e. The van der Waals surface area contributed by atoms with Crippen LogP contribution in [-0.2, 0) is 28.8 Å². The molecule has 6 heteroatoms. The lowest BCUT2D eigenvalue weighted by atomic mass is 9.89. The van der Waals surface area contributed by atoms with E-state index in [1.54, 1.807) is 0 Å². The molecule has 0 saturated heterocycles. The van der Waals surface area contributed by atoms with Crippen molar-refractivity contribution < 1.29 is 19.7 Å². The number of carbonyl (C=O) groups excluding carboxylic acids is 1. The van der Waals surface area contributed by atoms with Gasteiger partial charge in [0.15, 0.2) is 0 Å². The van der Waals surface area contributed by atoms with Crippen molar-refractivity contribution in [3.05, 3.63) is 106 Å². The lowest BCUT2D eigenvalue weighted by Crippen LogP contribution is -2.39. The number of nitrogens with one attached hydrogen (secondary N) is 1. The first-order valence-corrected chi connectivity index (χ1v) is 13.8. The number of aliphatic imine (C=N–C) groups is 1. The number of carbonyl (C=O) groups is 1. The molecular formula is C33H38N2O4. The number of benzene rings is 3. The Balaban J connectivity index is 1.35. The molecule has 0 radical (unpaired) electrons. The van der Waals surface area contributed by atoms with E-state index in [1.807, 2.05) is 87.5 Å². The van der Waals surface area contributed by atoms with Gasteiger partial charge < -0.3 is 20.3 Å². The third-order valence-corrected chi connectivity index (χ3v) is 7.67. The van der Waals surface area contributed by atoms with Gasteiger partial charge in [0.1, 0.15) is 6.61 Å². The van der Waals surface area contributed by atoms with E-state index in [1.165, 1.54) is 0 Å². The van der Waals surface area contributed by atoms with E-state index < -0.39 is 24.2 Å². The van der Waals surface area contributed by atoms with Crippen molar-refractivity contribution in [1.82, 2.24) is 5.32 Å². The maximum atomic E-state index is 13.7. The Bertz CT molecular complexity index is 1350. The minimum absolute atomic E-state index is 0.159. The SMILES string of the molecule is Cc1ccc(C[C@@H](O)C[C@@H](Cc2ccccc2)C(=O)N[C@H]2c3ccccc3C[C@H]2O)c(C2=NC(C)(C)CO2)c1. The van der Waals surface area contributed by atoms with Gasteiger partial charge in [0.2, 0.25) is 11.8 Å². The second-order valence-corrected chi connectivity index (χ2v) is 11.6. The van der Waals surface area contributed by atoms with E-state index in [2.05, 4.69) is 11.4 Å². The van der Waals surface area contributed by atoms with Crippen molar-refractivity contribution in [2.75, 3.05) is 6.61 Å². The second-order valence-electron chi connectivity index (χ2n) is 11.6. The number of hydrogen-bond acceptors (Lipinski definition) is 5. The molecule has 0 spiro atoms. The average Bonchev–Trinajstić information content (AvgIpc) is 3.43. The van der Waals surface area contributed by atoms with Crippen LogP contribution >= 0.6 is 0 Å². The summed E-state index contributed by atoms with van der Waals surface area (Å²) in [5.41, 5.74) is 5.71. The van der Waals surface area contributed by atoms with Crippen LogP contribution < -0.4 is 5.32 Å². The van der Waals surface area contributed by atoms with Gasteiger partial charge >= 0.3 is 0 Å². The van der Waals surface area contributed by atoms with Crippen LogP contribution in [0.5, 0.6) is 0 Å². The van der Waals surface area contributed by atoms with Gasteiger partial charge in [-0.1, -0.05) is 72.3 Å². The summed E-state index contributed by atoms with van der Waals surface area (Å²) in [5, 5.41) is 25.1. The lowest BCUT2D eigenvalue weighted by molar-refractivity contribution is -0.127. The molecule has 0 bridgehead atoms. The predicted octanol–water partition coefficient (Wildman–Crippen LogP) is 4.48. The van der Waals surface area contributed by atoms with Crippen LogP contribution in [-0.4, -0.2) is 46.4 Å². The molecule has 0 fully saturated rings. The van der Waals surface area contributed by atoms with E-state index in [0.717, 1.165) is 33.4 Å². The molecule has 0 aromatic heterocycles. The van der Waals surface area contributed by atoms with Gasteiger partial charge in [-0.05, 0) is 68.4 Å². The highest BCUT2D eigenvalue weighted by molar-refractivity contribution is 5.97. The Kier molecular flexibility index (Phi) is 7.87. The lowest BCUT2D eigenvalue weighted by Gasteiger charge is -2.25. The number of hydrogen-bond donors (Lipinski definition) is 3. The number of aliphatic hydroxyl groups is 2. The van der Waals surface area contributed by atoms with Gasteiger partial charge in [-0.2, -0.15) is 0 Å². The van der Waals surface area contributed by atoms with E-state index in [4.69, 9.17) is 9.73 Å². The summed E-state index contributed by atoms with van der Waals surface area (Å²) < 4.78 is 5.92. The number of amides is 1. The molecule has 1 aliphatic heterocycles. The van der Waals surface area contributed by atoms with E-state index in [-0.39, 0.29) is 17.9 Å². The second kappa shape index (κ2) is 11.3. The molecule has 0 saturated carbocycles. The summed E-state index contributed by atoms with van der Waals surface area (Å²) >= 11 is 0. The van der Waals surface area contributed by atoms with Crippen LogP contribution in [0.15, 0.2) is 77.8 Å². The minimum Gasteiger partial charge on any atom is -0.475 e. The normalized spacial score (nSPS) is 21.0. The molecule has 3 aromatic rings. The number of fused-ring (bicyclic) bond motifs is 1. The number of nitrogens with zero attached hydrogens (tertiary/aromatic N) is 1. The largest absolute Gasteiger partial charge is 0.475 e. The van der Waals surface area contributed by atoms with Gasteiger partial charge in [-0.3, -0.25) is 4.79 Å². The summed E-state index contributed by atoms with van der Waals surface area (Å²) in [4.78, 5) is 18.4. The monoisotopic (exact) mass is 526 g/mol. The summed E-state index contributed by atoms with van der Waals surface area (Å²) in [6.07, 6.45) is 0.274. The Morgan fingerprint density at radius 2 is 1.82 bits per heavy atom. The highest BCUT2D eigenvalue weighted by Crippen LogP contribution is 2.32. The van der Waals surface area contributed by atoms with Crippen molar-refractivity contribution in [2.45, 2.75) is 70.2 Å². The fraction of sp³-hybridized carbons (Fsp3) is 0.394. The highest BCUT2D eigenvalue weighted by atomic mass is 16.5. The first-order chi connectivity index (χ1) is 18.7. The van der Waals surface area contributed by atoms with Crippen molar-refractivity contribution in [3.63, 3.8) is 0 Å². The number of rotatable bonds is 9. The average molecular weight is 527 g/mol. The van der Waals surface area contributed by atoms with Crippen molar-refractivity contribution in [3.8, 4) is 0 Å². The Morgan fingerprint density at radius 1 is 1.08 bits per heavy atom. The van der Waals surface area contributed by atoms with Crippen LogP contribution in [0.3, 0.4) is 0 Å². The summed E-state index contributed by atoms with van der Waals surface area (Å²) in [5.74, 6) is -0.0123. The molecule has 1 heterocycles. The highest BCUT2D eigenvalue weighted by Gasteiger charge is 2.34. The molecule has 2 aliphatic rings. The fourth-order valence-electron chi connectivity index (χ4n) is 5.66. The van der Waals surface area contributed by atoms with Gasteiger partial charge in [0.25, 0.3) is 0 Å². The molecule has 1 amide bonds. The van der Waals surface area contributed by atoms with Crippen LogP contribution in [0, 0.1) is 12.8 Å². The summed E-state index contributed by atoms with van der Waals surface area (Å²) in [7, 11) is 0. The third kappa shape index (κ3) is 6.40. The van der Waals surface area contributed by atoms with Crippen molar-refractivity contribution >= 4 is 11.8 Å². The number of aryl methyl sites for hydroxylation is 1. The van der Waals surface area contributed by atoms with Crippen LogP contribution in [0.4, 0.5) is 0 Å². The summed E-state index contributed by atoms with van der Waals surface area (Å²) in [6, 6.07) is 23.4. The zero-order valence-corrected chi connectivity index (χ0v) is 22.9. The van der Waals surface area contributed by atoms with Gasteiger partial charge in [-0.25, -0.2) is 4.99 Å². The molecule has 204 valence electrons. The zero-order chi connectivity index (χ0) is 27.6. The topological polar surface area (TPSA) is 91.2 Å². The quantitative estimate of drug-likeness (QED) is 0.384. The van der Waals surface area contributed by atoms with E-state index in [9.17, 15) is 15.0 Å². The van der Waals surface area contributed by atoms with Crippen molar-refractivity contribution in [1.29, 1.82) is 0 Å². The Morgan fingerprint density at radius 3 is 2.56 bits per heavy atom. The van der Waals surface area contributed by atoms with Crippen LogP contribution in [0.2, 0.25) is 0 Å². The third-order valence-electron chi connectivity index (χ3n) is 7.67. The van der Waals surface area contributed by atoms with E-state index in [0.29, 0.717) is 31.8 Å². The minimum atomic E-state index is -0.748. The number of ether oxygens (including phenoxy) is 1. The molecule has 3 N–H and O–H groups in total. The molecule has 0 unspecified atom stereocenters. The Hall–Kier alpha value is -3.48. The molecule has 6 nitrogen and oxygen atoms in total. The molecular weight excluding hydrogens is 488 g/mol. The van der Waals surface area contributed by atoms with Crippen LogP contribution in [0.1, 0.15) is 59.7 Å². The first-order valence-electron chi connectivity index (χ1n) is 13.8. The first kappa shape index (κ1) is 27.1. The maximum Gasteiger partial charge on any atom is 0.224 e. The van der Waals surface area contributed by atoms with Gasteiger partial charge in [0.05, 0.1) is 23.8 Å². The maximum absolute atomic E-state index is 13.7. The van der Waals surface area contributed by atoms with Crippen LogP contribution in [0.25, 0.3) is 0 Å². The fourth-order valence-corrected chi connectivity index (χ4v) is 5.66. The molecule has 39 heavy (non-hydrogen) atoms. The molecule has 3 aromatic carbocycles. The van der Waals surface area contributed by atoms with Crippen molar-refractivity contribution in [2.24, 2.45) is 10.9 Å². The standard InChI is InChI=1S/C33H38N2O4/c1-21-13-14-24(28(15-21)32-35-33(2,3)20-39-32)17-26(36)18-25(16-22-9-5-4-6-10-22)31(38)34-30-27-12-8-7-11-23(27)19-29(30)37/h4-15,25-26,29-30,36-37H,16-20H2,1-3H3,(H,34,38)/t25-,26-,29-,30+/m1/s1. The van der Waals surface area contributed by atoms with E-state index >= 15 is 0 Å². The Labute approximate surface area is 230 Å². The van der Waals surface area contributed by atoms with Gasteiger partial charge in [-0.15, -0.1) is 0 Å². The molecule has 1 aliphatic carbocycles. The summed E-state index contributed by atoms with van der Waals surface area (Å²) in [6.45, 7) is 6.63. The predicted molar refractivity (Wildman–Crippen MR) is 153 cm³/mol. The zero-order valence-electron chi connectivity index (χ0n) is 22.9. The van der Waals surface area contributed by atoms with Gasteiger partial charge in [0, 0.05) is 17.9 Å². The number of aliphatic hydroxyl groups excluding tert-OH is 2. The molecule has 5 rings (SSSR count). The molecule has 4 atom stereocenters.